The van der Waals surface area contributed by atoms with E-state index in [1.807, 2.05) is 0 Å². The first-order valence-electron chi connectivity index (χ1n) is 4.94. The van der Waals surface area contributed by atoms with Crippen LogP contribution in [0.25, 0.3) is 0 Å². The average molecular weight is 155 g/mol. The summed E-state index contributed by atoms with van der Waals surface area (Å²) < 4.78 is 0. The quantitative estimate of drug-likeness (QED) is 0.592. The van der Waals surface area contributed by atoms with Gasteiger partial charge in [0.05, 0.1) is 0 Å². The Bertz CT molecular complexity index is 103. The third-order valence-electron chi connectivity index (χ3n) is 3.11. The zero-order chi connectivity index (χ0) is 8.27. The molecule has 1 aliphatic carbocycles. The van der Waals surface area contributed by atoms with Crippen molar-refractivity contribution in [3.63, 3.8) is 0 Å². The predicted molar refractivity (Wildman–Crippen MR) is 49.7 cm³/mol. The summed E-state index contributed by atoms with van der Waals surface area (Å²) in [7, 11) is 2.25. The third-order valence-corrected chi connectivity index (χ3v) is 3.11. The Labute approximate surface area is 70.8 Å². The lowest BCUT2D eigenvalue weighted by Crippen LogP contribution is -2.34. The van der Waals surface area contributed by atoms with Gasteiger partial charge in [0, 0.05) is 6.04 Å². The van der Waals surface area contributed by atoms with Gasteiger partial charge in [0.2, 0.25) is 0 Å². The van der Waals surface area contributed by atoms with E-state index in [0.717, 1.165) is 12.0 Å². The van der Waals surface area contributed by atoms with E-state index in [4.69, 9.17) is 0 Å². The summed E-state index contributed by atoms with van der Waals surface area (Å²) in [5.74, 6) is 0.983. The second-order valence-corrected chi connectivity index (χ2v) is 3.99. The lowest BCUT2D eigenvalue weighted by molar-refractivity contribution is 0.177. The molecule has 0 aliphatic heterocycles. The van der Waals surface area contributed by atoms with Crippen LogP contribution in [0.1, 0.15) is 39.5 Å². The lowest BCUT2D eigenvalue weighted by Gasteiger charge is -2.32. The van der Waals surface area contributed by atoms with Gasteiger partial charge in [-0.3, -0.25) is 0 Å². The van der Waals surface area contributed by atoms with Gasteiger partial charge in [0.1, 0.15) is 0 Å². The van der Waals surface area contributed by atoms with Gasteiger partial charge in [-0.05, 0) is 45.2 Å². The lowest BCUT2D eigenvalue weighted by atomic mass is 9.87. The molecule has 0 aromatic heterocycles. The van der Waals surface area contributed by atoms with Crippen LogP contribution in [-0.2, 0) is 0 Å². The molecule has 1 rings (SSSR count). The highest BCUT2D eigenvalue weighted by Gasteiger charge is 2.20. The van der Waals surface area contributed by atoms with Crippen molar-refractivity contribution in [2.75, 3.05) is 13.6 Å². The molecule has 0 heterocycles. The third kappa shape index (κ3) is 2.48. The van der Waals surface area contributed by atoms with E-state index < -0.39 is 0 Å². The molecule has 1 saturated carbocycles. The van der Waals surface area contributed by atoms with E-state index in [1.165, 1.54) is 32.2 Å². The molecule has 1 nitrogen and oxygen atoms in total. The van der Waals surface area contributed by atoms with Crippen molar-refractivity contribution in [2.45, 2.75) is 45.6 Å². The molecule has 0 aromatic rings. The number of rotatable bonds is 2. The van der Waals surface area contributed by atoms with Gasteiger partial charge in [0.15, 0.2) is 0 Å². The van der Waals surface area contributed by atoms with Crippen molar-refractivity contribution in [3.8, 4) is 0 Å². The van der Waals surface area contributed by atoms with Crippen molar-refractivity contribution in [1.82, 2.24) is 4.90 Å². The largest absolute Gasteiger partial charge is 0.304 e. The Morgan fingerprint density at radius 1 is 1.18 bits per heavy atom. The van der Waals surface area contributed by atoms with Gasteiger partial charge in [-0.15, -0.1) is 0 Å². The molecular formula is C10H21N. The summed E-state index contributed by atoms with van der Waals surface area (Å²) in [6.45, 7) is 5.83. The molecule has 11 heavy (non-hydrogen) atoms. The predicted octanol–water partition coefficient (Wildman–Crippen LogP) is 2.52. The maximum Gasteiger partial charge on any atom is 0.00922 e. The fourth-order valence-electron chi connectivity index (χ4n) is 1.94. The molecule has 0 aromatic carbocycles. The maximum atomic E-state index is 2.49. The number of hydrogen-bond acceptors (Lipinski definition) is 1. The minimum atomic E-state index is 0.885. The van der Waals surface area contributed by atoms with Crippen molar-refractivity contribution < 1.29 is 0 Å². The summed E-state index contributed by atoms with van der Waals surface area (Å²) in [5, 5.41) is 0. The summed E-state index contributed by atoms with van der Waals surface area (Å²) in [5.41, 5.74) is 0. The van der Waals surface area contributed by atoms with Crippen LogP contribution in [0, 0.1) is 5.92 Å². The molecular weight excluding hydrogens is 134 g/mol. The zero-order valence-corrected chi connectivity index (χ0v) is 8.14. The summed E-state index contributed by atoms with van der Waals surface area (Å²) in [6.07, 6.45) is 5.72. The van der Waals surface area contributed by atoms with E-state index >= 15 is 0 Å². The van der Waals surface area contributed by atoms with Crippen LogP contribution in [0.2, 0.25) is 0 Å². The minimum Gasteiger partial charge on any atom is -0.304 e. The van der Waals surface area contributed by atoms with Crippen LogP contribution in [0.3, 0.4) is 0 Å². The van der Waals surface area contributed by atoms with Gasteiger partial charge in [-0.1, -0.05) is 13.8 Å². The zero-order valence-electron chi connectivity index (χ0n) is 8.14. The molecule has 0 saturated heterocycles. The maximum absolute atomic E-state index is 2.49. The minimum absolute atomic E-state index is 0.885. The van der Waals surface area contributed by atoms with Crippen LogP contribution in [0.15, 0.2) is 0 Å². The Balaban J connectivity index is 2.27. The monoisotopic (exact) mass is 155 g/mol. The topological polar surface area (TPSA) is 3.24 Å². The average Bonchev–Trinajstić information content (AvgIpc) is 2.05. The van der Waals surface area contributed by atoms with Crippen LogP contribution < -0.4 is 0 Å². The number of nitrogens with zero attached hydrogens (tertiary/aromatic N) is 1. The SMILES string of the molecule is CCN(C)C1CCC(C)CC1. The molecule has 0 N–H and O–H groups in total. The standard InChI is InChI=1S/C10H21N/c1-4-11(3)10-7-5-9(2)6-8-10/h9-10H,4-8H2,1-3H3. The molecule has 0 atom stereocenters. The fourth-order valence-corrected chi connectivity index (χ4v) is 1.94. The van der Waals surface area contributed by atoms with E-state index in [-0.39, 0.29) is 0 Å². The Morgan fingerprint density at radius 3 is 2.18 bits per heavy atom. The van der Waals surface area contributed by atoms with Crippen molar-refractivity contribution in [3.05, 3.63) is 0 Å². The molecule has 0 spiro atoms. The fraction of sp³-hybridized carbons (Fsp3) is 1.00. The van der Waals surface area contributed by atoms with Crippen molar-refractivity contribution >= 4 is 0 Å². The molecule has 0 bridgehead atoms. The second-order valence-electron chi connectivity index (χ2n) is 3.99. The highest BCUT2D eigenvalue weighted by molar-refractivity contribution is 4.75. The van der Waals surface area contributed by atoms with E-state index in [1.54, 1.807) is 0 Å². The van der Waals surface area contributed by atoms with Crippen LogP contribution in [0.5, 0.6) is 0 Å². The number of hydrogen-bond donors (Lipinski definition) is 0. The Morgan fingerprint density at radius 2 is 1.73 bits per heavy atom. The summed E-state index contributed by atoms with van der Waals surface area (Å²) in [6, 6.07) is 0.885. The highest BCUT2D eigenvalue weighted by atomic mass is 15.1. The molecule has 0 amide bonds. The first-order chi connectivity index (χ1) is 5.24. The van der Waals surface area contributed by atoms with Crippen molar-refractivity contribution in [2.24, 2.45) is 5.92 Å². The second kappa shape index (κ2) is 4.10. The Hall–Kier alpha value is -0.0400. The molecule has 1 fully saturated rings. The summed E-state index contributed by atoms with van der Waals surface area (Å²) in [4.78, 5) is 2.49. The Kier molecular flexibility index (Phi) is 3.38. The molecule has 0 unspecified atom stereocenters. The smallest absolute Gasteiger partial charge is 0.00922 e. The van der Waals surface area contributed by atoms with E-state index in [2.05, 4.69) is 25.8 Å². The molecule has 1 heteroatoms. The van der Waals surface area contributed by atoms with Crippen molar-refractivity contribution in [1.29, 1.82) is 0 Å². The van der Waals surface area contributed by atoms with Gasteiger partial charge in [-0.2, -0.15) is 0 Å². The molecule has 1 aliphatic rings. The van der Waals surface area contributed by atoms with E-state index in [0.29, 0.717) is 0 Å². The first kappa shape index (κ1) is 9.05. The highest BCUT2D eigenvalue weighted by Crippen LogP contribution is 2.25. The van der Waals surface area contributed by atoms with Gasteiger partial charge < -0.3 is 4.90 Å². The normalized spacial score (nSPS) is 32.7. The molecule has 66 valence electrons. The van der Waals surface area contributed by atoms with Gasteiger partial charge in [0.25, 0.3) is 0 Å². The first-order valence-corrected chi connectivity index (χ1v) is 4.94. The van der Waals surface area contributed by atoms with Crippen LogP contribution in [-0.4, -0.2) is 24.5 Å². The van der Waals surface area contributed by atoms with Crippen LogP contribution in [0.4, 0.5) is 0 Å². The van der Waals surface area contributed by atoms with Gasteiger partial charge in [-0.25, -0.2) is 0 Å². The molecule has 0 radical (unpaired) electrons. The van der Waals surface area contributed by atoms with E-state index in [9.17, 15) is 0 Å². The van der Waals surface area contributed by atoms with Crippen LogP contribution >= 0.6 is 0 Å². The van der Waals surface area contributed by atoms with Gasteiger partial charge >= 0.3 is 0 Å². The summed E-state index contributed by atoms with van der Waals surface area (Å²) >= 11 is 0.